The number of nitro benzene ring substituents is 1. The number of nitrogens with one attached hydrogen (secondary N) is 2. The van der Waals surface area contributed by atoms with Crippen molar-refractivity contribution < 1.29 is 38.4 Å². The summed E-state index contributed by atoms with van der Waals surface area (Å²) in [5.74, 6) is -2.90. The second-order valence-electron chi connectivity index (χ2n) is 10.6. The summed E-state index contributed by atoms with van der Waals surface area (Å²) in [4.78, 5) is 73.5. The Morgan fingerprint density at radius 1 is 1.15 bits per heavy atom. The molecule has 2 unspecified atom stereocenters. The van der Waals surface area contributed by atoms with Crippen LogP contribution in [0.25, 0.3) is 0 Å². The number of imide groups is 1. The topological polar surface area (TPSA) is 174 Å². The number of carbonyl (C=O) groups excluding carboxylic acids is 5. The molecular formula is C26H32N4O9. The SMILES string of the molecule is CC1=CC(CC(=O)N2CC(NC(=O)OC(C)(C)C)[C@@H](CCC(=O)Oc3ccc([N+](=O)[O-])cc3)C2)C(=O)NC1=O. The average Bonchev–Trinajstić information content (AvgIpc) is 3.22. The van der Waals surface area contributed by atoms with Gasteiger partial charge in [-0.25, -0.2) is 4.79 Å². The summed E-state index contributed by atoms with van der Waals surface area (Å²) < 4.78 is 10.6. The van der Waals surface area contributed by atoms with Gasteiger partial charge >= 0.3 is 12.1 Å². The highest BCUT2D eigenvalue weighted by Gasteiger charge is 2.38. The average molecular weight is 545 g/mol. The van der Waals surface area contributed by atoms with Crippen LogP contribution >= 0.6 is 0 Å². The molecule has 4 amide bonds. The molecule has 3 atom stereocenters. The normalized spacial score (nSPS) is 21.1. The minimum Gasteiger partial charge on any atom is -0.444 e. The van der Waals surface area contributed by atoms with Crippen LogP contribution in [0.15, 0.2) is 35.9 Å². The molecule has 1 fully saturated rings. The number of likely N-dealkylation sites (tertiary alicyclic amines) is 1. The quantitative estimate of drug-likeness (QED) is 0.163. The number of amides is 4. The molecule has 13 heteroatoms. The molecule has 3 rings (SSSR count). The van der Waals surface area contributed by atoms with E-state index in [0.717, 1.165) is 0 Å². The van der Waals surface area contributed by atoms with Gasteiger partial charge < -0.3 is 19.7 Å². The van der Waals surface area contributed by atoms with E-state index in [1.807, 2.05) is 0 Å². The van der Waals surface area contributed by atoms with Crippen LogP contribution in [0.2, 0.25) is 0 Å². The molecular weight excluding hydrogens is 512 g/mol. The van der Waals surface area contributed by atoms with Crippen LogP contribution in [-0.2, 0) is 23.9 Å². The first-order valence-corrected chi connectivity index (χ1v) is 12.5. The number of benzene rings is 1. The van der Waals surface area contributed by atoms with Crippen LogP contribution in [0.1, 0.15) is 47.0 Å². The lowest BCUT2D eigenvalue weighted by atomic mass is 9.96. The van der Waals surface area contributed by atoms with Crippen molar-refractivity contribution in [3.8, 4) is 5.75 Å². The molecule has 2 heterocycles. The Kier molecular flexibility index (Phi) is 9.04. The first-order valence-electron chi connectivity index (χ1n) is 12.5. The summed E-state index contributed by atoms with van der Waals surface area (Å²) in [6.45, 7) is 7.09. The van der Waals surface area contributed by atoms with Gasteiger partial charge in [-0.15, -0.1) is 0 Å². The smallest absolute Gasteiger partial charge is 0.407 e. The van der Waals surface area contributed by atoms with E-state index in [0.29, 0.717) is 5.57 Å². The van der Waals surface area contributed by atoms with Crippen molar-refractivity contribution in [2.75, 3.05) is 13.1 Å². The molecule has 0 aliphatic carbocycles. The Hall–Kier alpha value is -4.29. The van der Waals surface area contributed by atoms with Gasteiger partial charge in [-0.2, -0.15) is 0 Å². The zero-order valence-electron chi connectivity index (χ0n) is 22.2. The number of ether oxygens (including phenoxy) is 2. The Morgan fingerprint density at radius 2 is 1.82 bits per heavy atom. The minimum atomic E-state index is -0.789. The van der Waals surface area contributed by atoms with E-state index >= 15 is 0 Å². The van der Waals surface area contributed by atoms with Crippen LogP contribution in [0.5, 0.6) is 5.75 Å². The van der Waals surface area contributed by atoms with Gasteiger partial charge in [0.2, 0.25) is 11.8 Å². The molecule has 1 aromatic carbocycles. The molecule has 1 saturated heterocycles. The second-order valence-corrected chi connectivity index (χ2v) is 10.6. The second kappa shape index (κ2) is 12.0. The monoisotopic (exact) mass is 544 g/mol. The van der Waals surface area contributed by atoms with Crippen molar-refractivity contribution in [2.45, 2.75) is 58.6 Å². The Labute approximate surface area is 225 Å². The van der Waals surface area contributed by atoms with E-state index in [9.17, 15) is 34.1 Å². The van der Waals surface area contributed by atoms with Gasteiger partial charge in [-0.1, -0.05) is 6.08 Å². The van der Waals surface area contributed by atoms with E-state index in [-0.39, 0.29) is 55.6 Å². The molecule has 0 aromatic heterocycles. The van der Waals surface area contributed by atoms with Gasteiger partial charge in [0.15, 0.2) is 0 Å². The number of alkyl carbamates (subject to hydrolysis) is 1. The van der Waals surface area contributed by atoms with Crippen LogP contribution in [0, 0.1) is 22.0 Å². The zero-order valence-corrected chi connectivity index (χ0v) is 22.2. The molecule has 1 aromatic rings. The summed E-state index contributed by atoms with van der Waals surface area (Å²) in [5.41, 5.74) is -0.523. The number of nitro groups is 1. The Bertz CT molecular complexity index is 1190. The first-order chi connectivity index (χ1) is 18.2. The molecule has 2 aliphatic rings. The van der Waals surface area contributed by atoms with Crippen LogP contribution < -0.4 is 15.4 Å². The standard InChI is InChI=1S/C26H32N4O9/c1-15-11-17(24(34)28-23(15)33)12-21(31)29-13-16(20(14-29)27-25(35)39-26(2,3)4)5-10-22(32)38-19-8-6-18(7-9-19)30(36)37/h6-9,11,16-17,20H,5,10,12-14H2,1-4H3,(H,27,35)(H,28,33,34)/t16-,17?,20?/m0/s1. The fourth-order valence-electron chi connectivity index (χ4n) is 4.34. The summed E-state index contributed by atoms with van der Waals surface area (Å²) in [7, 11) is 0. The fraction of sp³-hybridized carbons (Fsp3) is 0.500. The lowest BCUT2D eigenvalue weighted by Crippen LogP contribution is -2.44. The van der Waals surface area contributed by atoms with Crippen molar-refractivity contribution in [3.63, 3.8) is 0 Å². The third kappa shape index (κ3) is 8.35. The van der Waals surface area contributed by atoms with Gasteiger partial charge in [-0.3, -0.25) is 34.6 Å². The van der Waals surface area contributed by atoms with Gasteiger partial charge in [0.05, 0.1) is 16.9 Å². The number of carbonyl (C=O) groups is 5. The van der Waals surface area contributed by atoms with Crippen LogP contribution in [0.4, 0.5) is 10.5 Å². The molecule has 0 spiro atoms. The third-order valence-corrected chi connectivity index (χ3v) is 6.27. The minimum absolute atomic E-state index is 0.0365. The Morgan fingerprint density at radius 3 is 2.44 bits per heavy atom. The highest BCUT2D eigenvalue weighted by Crippen LogP contribution is 2.26. The van der Waals surface area contributed by atoms with Gasteiger partial charge in [0, 0.05) is 43.6 Å². The highest BCUT2D eigenvalue weighted by atomic mass is 16.6. The maximum Gasteiger partial charge on any atom is 0.407 e. The molecule has 0 bridgehead atoms. The molecule has 2 aliphatic heterocycles. The number of esters is 1. The largest absolute Gasteiger partial charge is 0.444 e. The molecule has 0 saturated carbocycles. The summed E-state index contributed by atoms with van der Waals surface area (Å²) in [6.07, 6.45) is 0.893. The Balaban J connectivity index is 1.64. The number of nitrogens with zero attached hydrogens (tertiary/aromatic N) is 2. The lowest BCUT2D eigenvalue weighted by molar-refractivity contribution is -0.384. The van der Waals surface area contributed by atoms with Gasteiger partial charge in [0.25, 0.3) is 11.6 Å². The zero-order chi connectivity index (χ0) is 28.9. The molecule has 0 radical (unpaired) electrons. The van der Waals surface area contributed by atoms with E-state index in [1.165, 1.54) is 35.2 Å². The van der Waals surface area contributed by atoms with E-state index in [1.54, 1.807) is 27.7 Å². The van der Waals surface area contributed by atoms with Crippen molar-refractivity contribution >= 4 is 35.5 Å². The maximum absolute atomic E-state index is 13.1. The lowest BCUT2D eigenvalue weighted by Gasteiger charge is -2.24. The fourth-order valence-corrected chi connectivity index (χ4v) is 4.34. The van der Waals surface area contributed by atoms with Gasteiger partial charge in [0.1, 0.15) is 11.4 Å². The molecule has 2 N–H and O–H groups in total. The number of non-ortho nitro benzene ring substituents is 1. The first kappa shape index (κ1) is 29.3. The summed E-state index contributed by atoms with van der Waals surface area (Å²) >= 11 is 0. The van der Waals surface area contributed by atoms with Crippen molar-refractivity contribution in [3.05, 3.63) is 46.0 Å². The van der Waals surface area contributed by atoms with Crippen LogP contribution in [-0.4, -0.2) is 64.3 Å². The van der Waals surface area contributed by atoms with E-state index in [4.69, 9.17) is 9.47 Å². The molecule has 210 valence electrons. The number of hydrogen-bond donors (Lipinski definition) is 2. The van der Waals surface area contributed by atoms with Crippen molar-refractivity contribution in [2.24, 2.45) is 11.8 Å². The molecule has 13 nitrogen and oxygen atoms in total. The predicted octanol–water partition coefficient (Wildman–Crippen LogP) is 2.24. The maximum atomic E-state index is 13.1. The third-order valence-electron chi connectivity index (χ3n) is 6.27. The number of rotatable bonds is 8. The van der Waals surface area contributed by atoms with Crippen molar-refractivity contribution in [1.29, 1.82) is 0 Å². The predicted molar refractivity (Wildman–Crippen MR) is 136 cm³/mol. The summed E-state index contributed by atoms with van der Waals surface area (Å²) in [6, 6.07) is 4.58. The summed E-state index contributed by atoms with van der Waals surface area (Å²) in [5, 5.41) is 15.8. The molecule has 39 heavy (non-hydrogen) atoms. The van der Waals surface area contributed by atoms with E-state index in [2.05, 4.69) is 10.6 Å². The highest BCUT2D eigenvalue weighted by molar-refractivity contribution is 6.08. The van der Waals surface area contributed by atoms with E-state index < -0.39 is 46.4 Å². The van der Waals surface area contributed by atoms with Crippen molar-refractivity contribution in [1.82, 2.24) is 15.5 Å². The van der Waals surface area contributed by atoms with Gasteiger partial charge in [-0.05, 0) is 52.2 Å². The van der Waals surface area contributed by atoms with Crippen LogP contribution in [0.3, 0.4) is 0 Å². The number of hydrogen-bond acceptors (Lipinski definition) is 9.